The van der Waals surface area contributed by atoms with Gasteiger partial charge in [-0.25, -0.2) is 4.98 Å². The molecule has 4 aromatic rings. The number of aromatic nitrogens is 2. The molecule has 2 amide bonds. The highest BCUT2D eigenvalue weighted by Crippen LogP contribution is 2.29. The van der Waals surface area contributed by atoms with Crippen LogP contribution in [0, 0.1) is 0 Å². The lowest BCUT2D eigenvalue weighted by Gasteiger charge is -2.35. The molecule has 3 aromatic carbocycles. The first-order chi connectivity index (χ1) is 16.5. The van der Waals surface area contributed by atoms with Gasteiger partial charge in [0.05, 0.1) is 23.3 Å². The van der Waals surface area contributed by atoms with Gasteiger partial charge in [0.2, 0.25) is 11.8 Å². The van der Waals surface area contributed by atoms with E-state index in [2.05, 4.69) is 16.7 Å². The number of carbonyl (C=O) groups is 2. The van der Waals surface area contributed by atoms with Gasteiger partial charge in [-0.1, -0.05) is 78.0 Å². The molecule has 2 N–H and O–H groups in total. The molecule has 34 heavy (non-hydrogen) atoms. The summed E-state index contributed by atoms with van der Waals surface area (Å²) in [6.07, 6.45) is 0.437. The number of imidazole rings is 1. The van der Waals surface area contributed by atoms with Crippen LogP contribution in [0.1, 0.15) is 16.7 Å². The molecule has 2 heterocycles. The van der Waals surface area contributed by atoms with Gasteiger partial charge in [0.1, 0.15) is 6.04 Å². The summed E-state index contributed by atoms with van der Waals surface area (Å²) in [6.45, 7) is 0.996. The van der Waals surface area contributed by atoms with Crippen molar-refractivity contribution in [3.8, 4) is 0 Å². The second-order valence-corrected chi connectivity index (χ2v) is 9.68. The summed E-state index contributed by atoms with van der Waals surface area (Å²) in [6, 6.07) is 22.9. The van der Waals surface area contributed by atoms with Gasteiger partial charge in [-0.3, -0.25) is 9.59 Å². The molecule has 0 saturated carbocycles. The molecule has 0 bridgehead atoms. The molecule has 0 fully saturated rings. The lowest BCUT2D eigenvalue weighted by Crippen LogP contribution is -2.51. The van der Waals surface area contributed by atoms with Crippen LogP contribution in [0.2, 0.25) is 5.02 Å². The van der Waals surface area contributed by atoms with Gasteiger partial charge < -0.3 is 15.2 Å². The molecule has 8 heteroatoms. The molecule has 0 saturated heterocycles. The smallest absolute Gasteiger partial charge is 0.240 e. The van der Waals surface area contributed by atoms with E-state index in [1.54, 1.807) is 4.90 Å². The van der Waals surface area contributed by atoms with E-state index < -0.39 is 11.9 Å². The Labute approximate surface area is 206 Å². The van der Waals surface area contributed by atoms with Crippen LogP contribution in [0.4, 0.5) is 0 Å². The van der Waals surface area contributed by atoms with Gasteiger partial charge in [-0.05, 0) is 34.9 Å². The SMILES string of the molecule is NC(=O)[C@@H]1Cc2ccccc2CN1C(=O)CSc1nc2cc(Cl)ccc2n1Cc1ccccc1. The summed E-state index contributed by atoms with van der Waals surface area (Å²) < 4.78 is 2.09. The van der Waals surface area contributed by atoms with Crippen molar-refractivity contribution >= 4 is 46.2 Å². The van der Waals surface area contributed by atoms with Gasteiger partial charge in [-0.2, -0.15) is 0 Å². The molecule has 1 aliphatic heterocycles. The summed E-state index contributed by atoms with van der Waals surface area (Å²) in [5.74, 6) is -0.476. The van der Waals surface area contributed by atoms with Gasteiger partial charge >= 0.3 is 0 Å². The Balaban J connectivity index is 1.40. The largest absolute Gasteiger partial charge is 0.368 e. The first kappa shape index (κ1) is 22.5. The van der Waals surface area contributed by atoms with Crippen molar-refractivity contribution in [3.05, 3.63) is 94.5 Å². The average molecular weight is 491 g/mol. The topological polar surface area (TPSA) is 81.2 Å². The predicted molar refractivity (Wildman–Crippen MR) is 135 cm³/mol. The van der Waals surface area contributed by atoms with E-state index >= 15 is 0 Å². The summed E-state index contributed by atoms with van der Waals surface area (Å²) in [5.41, 5.74) is 10.6. The number of benzene rings is 3. The van der Waals surface area contributed by atoms with Crippen molar-refractivity contribution in [1.29, 1.82) is 0 Å². The Kier molecular flexibility index (Phi) is 6.30. The highest BCUT2D eigenvalue weighted by molar-refractivity contribution is 7.99. The fourth-order valence-electron chi connectivity index (χ4n) is 4.36. The van der Waals surface area contributed by atoms with Crippen molar-refractivity contribution in [2.75, 3.05) is 5.75 Å². The van der Waals surface area contributed by atoms with E-state index in [-0.39, 0.29) is 11.7 Å². The normalized spacial score (nSPS) is 15.3. The van der Waals surface area contributed by atoms with Crippen molar-refractivity contribution in [2.45, 2.75) is 30.7 Å². The van der Waals surface area contributed by atoms with Crippen LogP contribution in [0.5, 0.6) is 0 Å². The Hall–Kier alpha value is -3.29. The maximum Gasteiger partial charge on any atom is 0.240 e. The zero-order valence-electron chi connectivity index (χ0n) is 18.4. The summed E-state index contributed by atoms with van der Waals surface area (Å²) >= 11 is 7.56. The minimum atomic E-state index is -0.648. The van der Waals surface area contributed by atoms with E-state index in [1.807, 2.05) is 60.7 Å². The first-order valence-electron chi connectivity index (χ1n) is 11.0. The highest BCUT2D eigenvalue weighted by Gasteiger charge is 2.33. The van der Waals surface area contributed by atoms with Crippen molar-refractivity contribution in [1.82, 2.24) is 14.5 Å². The molecule has 5 rings (SSSR count). The third kappa shape index (κ3) is 4.54. The zero-order valence-corrected chi connectivity index (χ0v) is 19.9. The Morgan fingerprint density at radius 3 is 2.53 bits per heavy atom. The van der Waals surface area contributed by atoms with Crippen LogP contribution >= 0.6 is 23.4 Å². The average Bonchev–Trinajstić information content (AvgIpc) is 3.18. The Morgan fingerprint density at radius 2 is 1.76 bits per heavy atom. The summed E-state index contributed by atoms with van der Waals surface area (Å²) in [5, 5.41) is 1.34. The zero-order chi connectivity index (χ0) is 23.7. The quantitative estimate of drug-likeness (QED) is 0.409. The fraction of sp³-hybridized carbons (Fsp3) is 0.192. The van der Waals surface area contributed by atoms with E-state index in [0.29, 0.717) is 24.5 Å². The molecule has 1 aromatic heterocycles. The number of hydrogen-bond acceptors (Lipinski definition) is 4. The fourth-order valence-corrected chi connectivity index (χ4v) is 5.42. The molecule has 0 aliphatic carbocycles. The van der Waals surface area contributed by atoms with Gasteiger partial charge in [0, 0.05) is 18.0 Å². The van der Waals surface area contributed by atoms with E-state index in [9.17, 15) is 9.59 Å². The predicted octanol–water partition coefficient (Wildman–Crippen LogP) is 4.27. The first-order valence-corrected chi connectivity index (χ1v) is 12.3. The van der Waals surface area contributed by atoms with Crippen LogP contribution in [0.15, 0.2) is 78.0 Å². The van der Waals surface area contributed by atoms with Crippen LogP contribution < -0.4 is 5.73 Å². The minimum Gasteiger partial charge on any atom is -0.368 e. The minimum absolute atomic E-state index is 0.139. The highest BCUT2D eigenvalue weighted by atomic mass is 35.5. The second-order valence-electron chi connectivity index (χ2n) is 8.30. The molecule has 6 nitrogen and oxygen atoms in total. The van der Waals surface area contributed by atoms with Crippen LogP contribution in [-0.2, 0) is 29.1 Å². The lowest BCUT2D eigenvalue weighted by atomic mass is 9.93. The van der Waals surface area contributed by atoms with Gasteiger partial charge in [-0.15, -0.1) is 0 Å². The third-order valence-electron chi connectivity index (χ3n) is 6.08. The van der Waals surface area contributed by atoms with Crippen LogP contribution in [0.25, 0.3) is 11.0 Å². The number of fused-ring (bicyclic) bond motifs is 2. The lowest BCUT2D eigenvalue weighted by molar-refractivity contribution is -0.138. The van der Waals surface area contributed by atoms with Crippen LogP contribution in [0.3, 0.4) is 0 Å². The Morgan fingerprint density at radius 1 is 1.03 bits per heavy atom. The molecule has 0 spiro atoms. The third-order valence-corrected chi connectivity index (χ3v) is 7.28. The molecular formula is C26H23ClN4O2S. The van der Waals surface area contributed by atoms with Gasteiger partial charge in [0.25, 0.3) is 0 Å². The number of amides is 2. The van der Waals surface area contributed by atoms with Crippen LogP contribution in [-0.4, -0.2) is 38.1 Å². The Bertz CT molecular complexity index is 1370. The number of rotatable bonds is 6. The maximum atomic E-state index is 13.3. The van der Waals surface area contributed by atoms with E-state index in [0.717, 1.165) is 32.9 Å². The molecule has 1 aliphatic rings. The van der Waals surface area contributed by atoms with Crippen molar-refractivity contribution in [2.24, 2.45) is 5.73 Å². The standard InChI is InChI=1S/C26H23ClN4O2S/c27-20-10-11-22-21(13-20)29-26(31(22)14-17-6-2-1-3-7-17)34-16-24(32)30-15-19-9-5-4-8-18(19)12-23(30)25(28)33/h1-11,13,23H,12,14-16H2,(H2,28,33)/t23-/m0/s1. The van der Waals surface area contributed by atoms with Crippen molar-refractivity contribution < 1.29 is 9.59 Å². The molecule has 172 valence electrons. The second kappa shape index (κ2) is 9.52. The number of carbonyl (C=O) groups excluding carboxylic acids is 2. The molecule has 1 atom stereocenters. The van der Waals surface area contributed by atoms with E-state index in [4.69, 9.17) is 22.3 Å². The number of hydrogen-bond donors (Lipinski definition) is 1. The molecular weight excluding hydrogens is 468 g/mol. The molecule has 0 radical (unpaired) electrons. The number of nitrogens with two attached hydrogens (primary N) is 1. The number of primary amides is 1. The number of halogens is 1. The van der Waals surface area contributed by atoms with Crippen molar-refractivity contribution in [3.63, 3.8) is 0 Å². The summed E-state index contributed by atoms with van der Waals surface area (Å²) in [4.78, 5) is 31.8. The monoisotopic (exact) mass is 490 g/mol. The number of nitrogens with zero attached hydrogens (tertiary/aromatic N) is 3. The summed E-state index contributed by atoms with van der Waals surface area (Å²) in [7, 11) is 0. The van der Waals surface area contributed by atoms with Gasteiger partial charge in [0.15, 0.2) is 5.16 Å². The number of thioether (sulfide) groups is 1. The molecule has 0 unspecified atom stereocenters. The van der Waals surface area contributed by atoms with E-state index in [1.165, 1.54) is 11.8 Å². The maximum absolute atomic E-state index is 13.3.